The van der Waals surface area contributed by atoms with Crippen LogP contribution in [0.2, 0.25) is 0 Å². The maximum absolute atomic E-state index is 5.97. The quantitative estimate of drug-likeness (QED) is 0.362. The largest absolute Gasteiger partial charge is 0.361 e. The first kappa shape index (κ1) is 21.3. The van der Waals surface area contributed by atoms with Gasteiger partial charge in [-0.05, 0) is 79.5 Å². The first-order valence-corrected chi connectivity index (χ1v) is 12.6. The Bertz CT molecular complexity index is 859. The van der Waals surface area contributed by atoms with Gasteiger partial charge in [0.1, 0.15) is 5.60 Å². The molecule has 154 valence electrons. The second kappa shape index (κ2) is 9.94. The molecule has 1 aliphatic heterocycles. The first-order valence-electron chi connectivity index (χ1n) is 11.1. The third-order valence-electron chi connectivity index (χ3n) is 6.38. The lowest BCUT2D eigenvalue weighted by Crippen LogP contribution is -2.11. The molecule has 2 atom stereocenters. The zero-order valence-electron chi connectivity index (χ0n) is 17.0. The van der Waals surface area contributed by atoms with Crippen molar-refractivity contribution in [2.24, 2.45) is 0 Å². The van der Waals surface area contributed by atoms with E-state index in [1.807, 2.05) is 0 Å². The summed E-state index contributed by atoms with van der Waals surface area (Å²) < 4.78 is 8.31. The highest BCUT2D eigenvalue weighted by Gasteiger charge is 2.57. The molecular formula is C26H30Br2O. The van der Waals surface area contributed by atoms with Gasteiger partial charge in [-0.3, -0.25) is 0 Å². The van der Waals surface area contributed by atoms with Crippen LogP contribution in [0.15, 0.2) is 63.6 Å². The normalized spacial score (nSPS) is 26.1. The van der Waals surface area contributed by atoms with Crippen molar-refractivity contribution in [1.29, 1.82) is 0 Å². The van der Waals surface area contributed by atoms with Crippen LogP contribution in [0.25, 0.3) is 5.57 Å². The first-order chi connectivity index (χ1) is 14.2. The highest BCUT2D eigenvalue weighted by molar-refractivity contribution is 9.10. The van der Waals surface area contributed by atoms with Gasteiger partial charge in [-0.1, -0.05) is 87.9 Å². The van der Waals surface area contributed by atoms with E-state index in [4.69, 9.17) is 4.74 Å². The van der Waals surface area contributed by atoms with E-state index < -0.39 is 0 Å². The molecular weight excluding hydrogens is 488 g/mol. The van der Waals surface area contributed by atoms with Crippen LogP contribution in [0.1, 0.15) is 75.3 Å². The summed E-state index contributed by atoms with van der Waals surface area (Å²) in [6.07, 6.45) is 15.9. The molecule has 2 unspecified atom stereocenters. The van der Waals surface area contributed by atoms with Gasteiger partial charge < -0.3 is 4.74 Å². The molecule has 0 bridgehead atoms. The van der Waals surface area contributed by atoms with Gasteiger partial charge in [0.05, 0.1) is 6.10 Å². The predicted molar refractivity (Wildman–Crippen MR) is 129 cm³/mol. The third kappa shape index (κ3) is 5.42. The van der Waals surface area contributed by atoms with Crippen molar-refractivity contribution in [2.75, 3.05) is 0 Å². The molecule has 1 saturated heterocycles. The van der Waals surface area contributed by atoms with E-state index in [1.165, 1.54) is 85.4 Å². The number of rotatable bonds is 2. The summed E-state index contributed by atoms with van der Waals surface area (Å²) in [6, 6.07) is 17.2. The molecule has 0 spiro atoms. The lowest BCUT2D eigenvalue weighted by atomic mass is 9.91. The molecule has 3 heteroatoms. The van der Waals surface area contributed by atoms with Crippen molar-refractivity contribution >= 4 is 37.4 Å². The fraction of sp³-hybridized carbons (Fsp3) is 0.462. The van der Waals surface area contributed by atoms with Crippen molar-refractivity contribution in [3.05, 3.63) is 74.7 Å². The summed E-state index contributed by atoms with van der Waals surface area (Å²) in [5.41, 5.74) is 4.37. The molecule has 0 radical (unpaired) electrons. The van der Waals surface area contributed by atoms with Crippen molar-refractivity contribution < 1.29 is 4.74 Å². The summed E-state index contributed by atoms with van der Waals surface area (Å²) in [4.78, 5) is 0. The van der Waals surface area contributed by atoms with Gasteiger partial charge in [0, 0.05) is 8.95 Å². The standard InChI is InChI=1S/C13H15BrO.C13H15Br/c14-11-6-4-5-10(9-11)13-8-3-1-2-7-12(13)15-13;14-13-9-5-8-12(10-13)11-6-3-1-2-4-7-11/h4-6,9,12H,1-3,7-8H2;5-6,8-10H,1-4,7H2. The summed E-state index contributed by atoms with van der Waals surface area (Å²) in [5.74, 6) is 0. The van der Waals surface area contributed by atoms with Crippen molar-refractivity contribution in [1.82, 2.24) is 0 Å². The van der Waals surface area contributed by atoms with Crippen LogP contribution in [0.3, 0.4) is 0 Å². The fourth-order valence-electron chi connectivity index (χ4n) is 4.74. The molecule has 5 rings (SSSR count). The van der Waals surface area contributed by atoms with Gasteiger partial charge in [0.15, 0.2) is 0 Å². The highest BCUT2D eigenvalue weighted by Crippen LogP contribution is 2.54. The SMILES string of the molecule is Brc1cccc(C23CCCCCC2O3)c1.Brc1cccc(C2=CCCCCC2)c1. The van der Waals surface area contributed by atoms with Gasteiger partial charge >= 0.3 is 0 Å². The molecule has 1 saturated carbocycles. The van der Waals surface area contributed by atoms with Gasteiger partial charge in [0.25, 0.3) is 0 Å². The number of benzene rings is 2. The molecule has 1 heterocycles. The number of hydrogen-bond donors (Lipinski definition) is 0. The van der Waals surface area contributed by atoms with Gasteiger partial charge in [-0.15, -0.1) is 0 Å². The minimum Gasteiger partial charge on any atom is -0.361 e. The van der Waals surface area contributed by atoms with Crippen molar-refractivity contribution in [2.45, 2.75) is 75.9 Å². The maximum Gasteiger partial charge on any atom is 0.120 e. The second-order valence-corrected chi connectivity index (χ2v) is 10.3. The Morgan fingerprint density at radius 1 is 0.828 bits per heavy atom. The molecule has 0 aromatic heterocycles. The Labute approximate surface area is 192 Å². The molecule has 0 N–H and O–H groups in total. The molecule has 1 nitrogen and oxygen atoms in total. The van der Waals surface area contributed by atoms with Crippen LogP contribution < -0.4 is 0 Å². The molecule has 29 heavy (non-hydrogen) atoms. The van der Waals surface area contributed by atoms with E-state index in [0.29, 0.717) is 6.10 Å². The molecule has 0 amide bonds. The van der Waals surface area contributed by atoms with E-state index in [1.54, 1.807) is 0 Å². The number of allylic oxidation sites excluding steroid dienone is 2. The molecule has 2 aliphatic carbocycles. The van der Waals surface area contributed by atoms with Crippen LogP contribution in [0.4, 0.5) is 0 Å². The number of fused-ring (bicyclic) bond motifs is 1. The Morgan fingerprint density at radius 3 is 2.45 bits per heavy atom. The number of epoxide rings is 1. The maximum atomic E-state index is 5.97. The Balaban J connectivity index is 0.000000142. The monoisotopic (exact) mass is 516 g/mol. The van der Waals surface area contributed by atoms with Crippen LogP contribution in [0.5, 0.6) is 0 Å². The van der Waals surface area contributed by atoms with Crippen LogP contribution in [-0.4, -0.2) is 6.10 Å². The molecule has 2 fully saturated rings. The second-order valence-electron chi connectivity index (χ2n) is 8.44. The van der Waals surface area contributed by atoms with E-state index in [2.05, 4.69) is 86.5 Å². The van der Waals surface area contributed by atoms with Crippen molar-refractivity contribution in [3.8, 4) is 0 Å². The molecule has 2 aromatic carbocycles. The number of halogens is 2. The Morgan fingerprint density at radius 2 is 1.62 bits per heavy atom. The Kier molecular flexibility index (Phi) is 7.31. The van der Waals surface area contributed by atoms with E-state index in [0.717, 1.165) is 4.47 Å². The summed E-state index contributed by atoms with van der Waals surface area (Å²) in [6.45, 7) is 0. The van der Waals surface area contributed by atoms with E-state index >= 15 is 0 Å². The van der Waals surface area contributed by atoms with E-state index in [9.17, 15) is 0 Å². The van der Waals surface area contributed by atoms with E-state index in [-0.39, 0.29) is 5.60 Å². The average molecular weight is 518 g/mol. The number of hydrogen-bond acceptors (Lipinski definition) is 1. The lowest BCUT2D eigenvalue weighted by molar-refractivity contribution is 0.265. The van der Waals surface area contributed by atoms with Gasteiger partial charge in [-0.25, -0.2) is 0 Å². The van der Waals surface area contributed by atoms with Gasteiger partial charge in [0.2, 0.25) is 0 Å². The summed E-state index contributed by atoms with van der Waals surface area (Å²) in [5, 5.41) is 0. The smallest absolute Gasteiger partial charge is 0.120 e. The van der Waals surface area contributed by atoms with Crippen LogP contribution in [-0.2, 0) is 10.3 Å². The summed E-state index contributed by atoms with van der Waals surface area (Å²) in [7, 11) is 0. The zero-order valence-corrected chi connectivity index (χ0v) is 20.2. The fourth-order valence-corrected chi connectivity index (χ4v) is 5.54. The zero-order chi connectivity index (χ0) is 20.1. The topological polar surface area (TPSA) is 12.5 Å². The highest BCUT2D eigenvalue weighted by atomic mass is 79.9. The van der Waals surface area contributed by atoms with Crippen LogP contribution in [0, 0.1) is 0 Å². The average Bonchev–Trinajstić information content (AvgIpc) is 3.49. The molecule has 2 aromatic rings. The summed E-state index contributed by atoms with van der Waals surface area (Å²) >= 11 is 7.06. The van der Waals surface area contributed by atoms with Crippen LogP contribution >= 0.6 is 31.9 Å². The third-order valence-corrected chi connectivity index (χ3v) is 7.37. The number of ether oxygens (including phenoxy) is 1. The minimum absolute atomic E-state index is 0.0836. The van der Waals surface area contributed by atoms with Crippen molar-refractivity contribution in [3.63, 3.8) is 0 Å². The Hall–Kier alpha value is -0.900. The molecule has 3 aliphatic rings. The minimum atomic E-state index is 0.0836. The lowest BCUT2D eigenvalue weighted by Gasteiger charge is -2.11. The predicted octanol–water partition coefficient (Wildman–Crippen LogP) is 8.80. The van der Waals surface area contributed by atoms with Gasteiger partial charge in [-0.2, -0.15) is 0 Å².